The topological polar surface area (TPSA) is 142 Å². The maximum Gasteiger partial charge on any atom is 0.260 e. The summed E-state index contributed by atoms with van der Waals surface area (Å²) >= 11 is 0. The highest BCUT2D eigenvalue weighted by Crippen LogP contribution is 2.25. The minimum atomic E-state index is -1.40. The van der Waals surface area contributed by atoms with Gasteiger partial charge in [0.05, 0.1) is 12.1 Å². The molecule has 10 nitrogen and oxygen atoms in total. The number of aliphatic hydroxyl groups is 2. The second-order valence-corrected chi connectivity index (χ2v) is 10.9. The van der Waals surface area contributed by atoms with Crippen LogP contribution < -0.4 is 14.8 Å². The number of nitrogens with zero attached hydrogens (tertiary/aromatic N) is 1. The summed E-state index contributed by atoms with van der Waals surface area (Å²) in [5.41, 5.74) is 1.90. The van der Waals surface area contributed by atoms with Crippen molar-refractivity contribution in [3.05, 3.63) is 95.6 Å². The Kier molecular flexibility index (Phi) is 11.2. The maximum absolute atomic E-state index is 13.1. The van der Waals surface area contributed by atoms with E-state index >= 15 is 0 Å². The van der Waals surface area contributed by atoms with E-state index in [1.54, 1.807) is 48.5 Å². The van der Waals surface area contributed by atoms with E-state index in [4.69, 9.17) is 9.47 Å². The lowest BCUT2D eigenvalue weighted by Crippen LogP contribution is -2.56. The van der Waals surface area contributed by atoms with Crippen molar-refractivity contribution in [1.29, 1.82) is 0 Å². The lowest BCUT2D eigenvalue weighted by Gasteiger charge is -2.35. The molecule has 1 aliphatic heterocycles. The first-order valence-electron chi connectivity index (χ1n) is 14.6. The first-order chi connectivity index (χ1) is 21.1. The standard InChI is InChI=1S/C34H38N2O8/c1-22(37)25-10-14-27(15-11-25)43-20-31(39)35-29(19-24-7-4-3-5-8-24)33(41)34(42)30-9-6-18-36(30)32(40)21-44-28-16-12-26(13-17-28)23(2)38/h3-5,7-8,10-17,29-30,33-34,41-42H,6,9,18-21H2,1-2H3,(H,35,39)/t29-,30-,33-,34-/m0/s1. The molecule has 0 unspecified atom stereocenters. The van der Waals surface area contributed by atoms with Crippen molar-refractivity contribution in [2.45, 2.75) is 57.4 Å². The summed E-state index contributed by atoms with van der Waals surface area (Å²) in [5, 5.41) is 25.5. The third-order valence-electron chi connectivity index (χ3n) is 7.67. The van der Waals surface area contributed by atoms with Crippen LogP contribution in [0, 0.1) is 0 Å². The van der Waals surface area contributed by atoms with E-state index in [-0.39, 0.29) is 37.1 Å². The summed E-state index contributed by atoms with van der Waals surface area (Å²) in [6.07, 6.45) is -1.39. The van der Waals surface area contributed by atoms with E-state index < -0.39 is 30.2 Å². The zero-order valence-electron chi connectivity index (χ0n) is 24.8. The SMILES string of the molecule is CC(=O)c1ccc(OCC(=O)N[C@@H](Cc2ccccc2)[C@H](O)[C@@H](O)[C@@H]2CCCN2C(=O)COc2ccc(C(C)=O)cc2)cc1. The number of carbonyl (C=O) groups excluding carboxylic acids is 4. The van der Waals surface area contributed by atoms with Gasteiger partial charge in [0.1, 0.15) is 23.7 Å². The number of Topliss-reactive ketones (excluding diaryl/α,β-unsaturated/α-hetero) is 2. The molecule has 2 amide bonds. The number of nitrogens with one attached hydrogen (secondary N) is 1. The van der Waals surface area contributed by atoms with Gasteiger partial charge in [-0.2, -0.15) is 0 Å². The van der Waals surface area contributed by atoms with Gasteiger partial charge < -0.3 is 29.9 Å². The summed E-state index contributed by atoms with van der Waals surface area (Å²) in [5.74, 6) is -0.167. The van der Waals surface area contributed by atoms with Crippen LogP contribution >= 0.6 is 0 Å². The Morgan fingerprint density at radius 2 is 1.36 bits per heavy atom. The molecule has 4 atom stereocenters. The van der Waals surface area contributed by atoms with E-state index in [1.165, 1.54) is 18.7 Å². The normalized spacial score (nSPS) is 16.5. The fourth-order valence-corrected chi connectivity index (χ4v) is 5.25. The van der Waals surface area contributed by atoms with Crippen molar-refractivity contribution in [1.82, 2.24) is 10.2 Å². The molecule has 0 spiro atoms. The second-order valence-electron chi connectivity index (χ2n) is 10.9. The van der Waals surface area contributed by atoms with Gasteiger partial charge in [0.2, 0.25) is 0 Å². The van der Waals surface area contributed by atoms with E-state index in [1.807, 2.05) is 30.3 Å². The monoisotopic (exact) mass is 602 g/mol. The van der Waals surface area contributed by atoms with Crippen molar-refractivity contribution in [3.63, 3.8) is 0 Å². The first-order valence-corrected chi connectivity index (χ1v) is 14.6. The third-order valence-corrected chi connectivity index (χ3v) is 7.67. The maximum atomic E-state index is 13.1. The van der Waals surface area contributed by atoms with E-state index in [2.05, 4.69) is 5.32 Å². The molecule has 3 aromatic carbocycles. The smallest absolute Gasteiger partial charge is 0.260 e. The van der Waals surface area contributed by atoms with Crippen LogP contribution in [-0.2, 0) is 16.0 Å². The Morgan fingerprint density at radius 3 is 1.91 bits per heavy atom. The van der Waals surface area contributed by atoms with Crippen LogP contribution in [0.1, 0.15) is 53.0 Å². The summed E-state index contributed by atoms with van der Waals surface area (Å²) in [7, 11) is 0. The van der Waals surface area contributed by atoms with Crippen LogP contribution in [0.2, 0.25) is 0 Å². The number of likely N-dealkylation sites (tertiary alicyclic amines) is 1. The lowest BCUT2D eigenvalue weighted by molar-refractivity contribution is -0.139. The van der Waals surface area contributed by atoms with Crippen LogP contribution in [0.4, 0.5) is 0 Å². The first kappa shape index (κ1) is 32.4. The molecule has 0 radical (unpaired) electrons. The number of hydrogen-bond acceptors (Lipinski definition) is 8. The van der Waals surface area contributed by atoms with Gasteiger partial charge in [-0.15, -0.1) is 0 Å². The summed E-state index contributed by atoms with van der Waals surface area (Å²) < 4.78 is 11.2. The highest BCUT2D eigenvalue weighted by Gasteiger charge is 2.40. The molecule has 0 saturated carbocycles. The van der Waals surface area contributed by atoms with Crippen LogP contribution in [-0.4, -0.2) is 82.5 Å². The minimum Gasteiger partial charge on any atom is -0.484 e. The van der Waals surface area contributed by atoms with Crippen LogP contribution in [0.25, 0.3) is 0 Å². The molecule has 44 heavy (non-hydrogen) atoms. The van der Waals surface area contributed by atoms with Gasteiger partial charge in [-0.05, 0) is 87.2 Å². The van der Waals surface area contributed by atoms with Crippen molar-refractivity contribution in [3.8, 4) is 11.5 Å². The molecule has 3 N–H and O–H groups in total. The molecule has 0 aliphatic carbocycles. The third kappa shape index (κ3) is 8.75. The van der Waals surface area contributed by atoms with E-state index in [0.717, 1.165) is 5.56 Å². The molecule has 0 bridgehead atoms. The fraction of sp³-hybridized carbons (Fsp3) is 0.353. The van der Waals surface area contributed by atoms with Gasteiger partial charge in [-0.1, -0.05) is 30.3 Å². The summed E-state index contributed by atoms with van der Waals surface area (Å²) in [6.45, 7) is 2.71. The highest BCUT2D eigenvalue weighted by molar-refractivity contribution is 5.94. The zero-order chi connectivity index (χ0) is 31.6. The van der Waals surface area contributed by atoms with E-state index in [9.17, 15) is 29.4 Å². The number of benzene rings is 3. The Balaban J connectivity index is 1.39. The summed E-state index contributed by atoms with van der Waals surface area (Å²) in [6, 6.07) is 20.6. The van der Waals surface area contributed by atoms with Crippen molar-refractivity contribution < 1.29 is 38.9 Å². The zero-order valence-corrected chi connectivity index (χ0v) is 24.8. The number of rotatable bonds is 14. The Hall–Kier alpha value is -4.54. The fourth-order valence-electron chi connectivity index (χ4n) is 5.25. The van der Waals surface area contributed by atoms with Crippen molar-refractivity contribution in [2.24, 2.45) is 0 Å². The largest absolute Gasteiger partial charge is 0.484 e. The summed E-state index contributed by atoms with van der Waals surface area (Å²) in [4.78, 5) is 50.5. The van der Waals surface area contributed by atoms with Gasteiger partial charge in [0.15, 0.2) is 24.8 Å². The molecule has 3 aromatic rings. The second kappa shape index (κ2) is 15.3. The molecule has 4 rings (SSSR count). The van der Waals surface area contributed by atoms with E-state index in [0.29, 0.717) is 42.0 Å². The molecule has 1 aliphatic rings. The number of ether oxygens (including phenoxy) is 2. The minimum absolute atomic E-state index is 0.0743. The van der Waals surface area contributed by atoms with Crippen molar-refractivity contribution >= 4 is 23.4 Å². The van der Waals surface area contributed by atoms with Gasteiger partial charge in [-0.3, -0.25) is 19.2 Å². The van der Waals surface area contributed by atoms with Gasteiger partial charge in [0.25, 0.3) is 11.8 Å². The molecule has 10 heteroatoms. The Bertz CT molecular complexity index is 1430. The lowest BCUT2D eigenvalue weighted by atomic mass is 9.93. The molecular weight excluding hydrogens is 564 g/mol. The number of aliphatic hydroxyl groups excluding tert-OH is 2. The highest BCUT2D eigenvalue weighted by atomic mass is 16.5. The van der Waals surface area contributed by atoms with Crippen LogP contribution in [0.15, 0.2) is 78.9 Å². The van der Waals surface area contributed by atoms with Gasteiger partial charge in [0, 0.05) is 17.7 Å². The average molecular weight is 603 g/mol. The average Bonchev–Trinajstić information content (AvgIpc) is 3.53. The Morgan fingerprint density at radius 1 is 0.818 bits per heavy atom. The number of amides is 2. The Labute approximate surface area is 256 Å². The number of carbonyl (C=O) groups is 4. The predicted molar refractivity (Wildman–Crippen MR) is 163 cm³/mol. The number of hydrogen-bond donors (Lipinski definition) is 3. The predicted octanol–water partition coefficient (Wildman–Crippen LogP) is 2.99. The molecule has 1 fully saturated rings. The number of ketones is 2. The molecular formula is C34H38N2O8. The molecule has 232 valence electrons. The van der Waals surface area contributed by atoms with Gasteiger partial charge >= 0.3 is 0 Å². The molecule has 1 saturated heterocycles. The van der Waals surface area contributed by atoms with Gasteiger partial charge in [-0.25, -0.2) is 0 Å². The van der Waals surface area contributed by atoms with Crippen LogP contribution in [0.3, 0.4) is 0 Å². The molecule has 0 aromatic heterocycles. The van der Waals surface area contributed by atoms with Crippen molar-refractivity contribution in [2.75, 3.05) is 19.8 Å². The quantitative estimate of drug-likeness (QED) is 0.239. The molecule has 1 heterocycles. The van der Waals surface area contributed by atoms with Crippen LogP contribution in [0.5, 0.6) is 11.5 Å².